The maximum atomic E-state index is 11.7. The molecule has 2 aliphatic heterocycles. The summed E-state index contributed by atoms with van der Waals surface area (Å²) < 4.78 is 0. The number of amides is 1. The highest BCUT2D eigenvalue weighted by atomic mass is 16.2. The Morgan fingerprint density at radius 2 is 1.67 bits per heavy atom. The first kappa shape index (κ1) is 15.3. The first-order valence-corrected chi connectivity index (χ1v) is 9.07. The maximum Gasteiger partial charge on any atom is 0.222 e. The average molecular weight is 293 g/mol. The van der Waals surface area contributed by atoms with E-state index in [2.05, 4.69) is 14.7 Å². The molecule has 0 spiro atoms. The molecule has 1 aliphatic carbocycles. The van der Waals surface area contributed by atoms with E-state index in [0.29, 0.717) is 5.91 Å². The molecule has 120 valence electrons. The van der Waals surface area contributed by atoms with Gasteiger partial charge in [-0.25, -0.2) is 0 Å². The van der Waals surface area contributed by atoms with Crippen LogP contribution in [-0.4, -0.2) is 72.5 Å². The van der Waals surface area contributed by atoms with Crippen LogP contribution >= 0.6 is 0 Å². The van der Waals surface area contributed by atoms with E-state index in [1.165, 1.54) is 64.7 Å². The summed E-state index contributed by atoms with van der Waals surface area (Å²) in [4.78, 5) is 19.1. The fraction of sp³-hybridized carbons (Fsp3) is 0.941. The van der Waals surface area contributed by atoms with Gasteiger partial charge in [0.1, 0.15) is 0 Å². The van der Waals surface area contributed by atoms with Crippen molar-refractivity contribution in [3.8, 4) is 0 Å². The second kappa shape index (κ2) is 7.59. The first-order valence-electron chi connectivity index (χ1n) is 9.07. The van der Waals surface area contributed by atoms with E-state index in [-0.39, 0.29) is 0 Å². The Bertz CT molecular complexity index is 341. The van der Waals surface area contributed by atoms with Gasteiger partial charge in [-0.3, -0.25) is 9.69 Å². The van der Waals surface area contributed by atoms with Crippen LogP contribution in [0.4, 0.5) is 0 Å². The molecule has 3 aliphatic rings. The number of carbonyl (C=O) groups excluding carboxylic acids is 1. The molecule has 0 unspecified atom stereocenters. The van der Waals surface area contributed by atoms with Crippen LogP contribution in [0.15, 0.2) is 0 Å². The van der Waals surface area contributed by atoms with Gasteiger partial charge < -0.3 is 9.80 Å². The van der Waals surface area contributed by atoms with Gasteiger partial charge >= 0.3 is 0 Å². The van der Waals surface area contributed by atoms with Gasteiger partial charge in [0.05, 0.1) is 0 Å². The smallest absolute Gasteiger partial charge is 0.222 e. The van der Waals surface area contributed by atoms with E-state index < -0.39 is 0 Å². The number of rotatable bonds is 4. The van der Waals surface area contributed by atoms with Gasteiger partial charge in [-0.15, -0.1) is 0 Å². The molecule has 0 aromatic rings. The average Bonchev–Trinajstić information content (AvgIpc) is 2.79. The van der Waals surface area contributed by atoms with E-state index in [1.54, 1.807) is 0 Å². The lowest BCUT2D eigenvalue weighted by Gasteiger charge is -2.33. The lowest BCUT2D eigenvalue weighted by atomic mass is 9.94. The van der Waals surface area contributed by atoms with Gasteiger partial charge in [0.15, 0.2) is 0 Å². The molecule has 4 nitrogen and oxygen atoms in total. The molecule has 0 N–H and O–H groups in total. The zero-order valence-corrected chi connectivity index (χ0v) is 13.4. The minimum atomic E-state index is 0.369. The molecule has 3 fully saturated rings. The zero-order chi connectivity index (χ0) is 14.5. The number of hydrogen-bond acceptors (Lipinski definition) is 3. The molecular weight excluding hydrogens is 262 g/mol. The van der Waals surface area contributed by atoms with Crippen LogP contribution in [-0.2, 0) is 4.79 Å². The normalized spacial score (nSPS) is 27.2. The maximum absolute atomic E-state index is 11.7. The zero-order valence-electron chi connectivity index (χ0n) is 13.4. The SMILES string of the molecule is O=C1CCCN1CCN1CCCN(C2CCCCC2)CC1. The highest BCUT2D eigenvalue weighted by molar-refractivity contribution is 5.78. The van der Waals surface area contributed by atoms with Gasteiger partial charge in [-0.1, -0.05) is 19.3 Å². The summed E-state index contributed by atoms with van der Waals surface area (Å²) in [7, 11) is 0. The summed E-state index contributed by atoms with van der Waals surface area (Å²) in [6, 6.07) is 0.860. The van der Waals surface area contributed by atoms with E-state index >= 15 is 0 Å². The predicted molar refractivity (Wildman–Crippen MR) is 85.3 cm³/mol. The summed E-state index contributed by atoms with van der Waals surface area (Å²) in [5.41, 5.74) is 0. The molecule has 21 heavy (non-hydrogen) atoms. The summed E-state index contributed by atoms with van der Waals surface area (Å²) in [5.74, 6) is 0.369. The molecule has 2 heterocycles. The van der Waals surface area contributed by atoms with Crippen molar-refractivity contribution < 1.29 is 4.79 Å². The lowest BCUT2D eigenvalue weighted by Crippen LogP contribution is -2.40. The van der Waals surface area contributed by atoms with Crippen LogP contribution in [0.3, 0.4) is 0 Å². The molecule has 1 saturated carbocycles. The van der Waals surface area contributed by atoms with Crippen LogP contribution < -0.4 is 0 Å². The summed E-state index contributed by atoms with van der Waals surface area (Å²) in [6.07, 6.45) is 10.3. The van der Waals surface area contributed by atoms with E-state index in [0.717, 1.165) is 38.5 Å². The Morgan fingerprint density at radius 3 is 2.43 bits per heavy atom. The second-order valence-electron chi connectivity index (χ2n) is 7.01. The van der Waals surface area contributed by atoms with Crippen LogP contribution in [0.2, 0.25) is 0 Å². The largest absolute Gasteiger partial charge is 0.341 e. The highest BCUT2D eigenvalue weighted by Crippen LogP contribution is 2.23. The minimum Gasteiger partial charge on any atom is -0.341 e. The Balaban J connectivity index is 1.41. The summed E-state index contributed by atoms with van der Waals surface area (Å²) >= 11 is 0. The second-order valence-corrected chi connectivity index (χ2v) is 7.01. The third kappa shape index (κ3) is 4.19. The van der Waals surface area contributed by atoms with Crippen molar-refractivity contribution >= 4 is 5.91 Å². The van der Waals surface area contributed by atoms with Gasteiger partial charge in [0.25, 0.3) is 0 Å². The quantitative estimate of drug-likeness (QED) is 0.793. The van der Waals surface area contributed by atoms with E-state index in [4.69, 9.17) is 0 Å². The van der Waals surface area contributed by atoms with E-state index in [1.807, 2.05) is 0 Å². The minimum absolute atomic E-state index is 0.369. The lowest BCUT2D eigenvalue weighted by molar-refractivity contribution is -0.127. The molecule has 0 bridgehead atoms. The van der Waals surface area contributed by atoms with Gasteiger partial charge in [-0.2, -0.15) is 0 Å². The Morgan fingerprint density at radius 1 is 0.810 bits per heavy atom. The van der Waals surface area contributed by atoms with Crippen molar-refractivity contribution in [2.75, 3.05) is 45.8 Å². The predicted octanol–water partition coefficient (Wildman–Crippen LogP) is 1.95. The first-order chi connectivity index (χ1) is 10.3. The van der Waals surface area contributed by atoms with Crippen molar-refractivity contribution in [2.45, 2.75) is 57.4 Å². The number of nitrogens with zero attached hydrogens (tertiary/aromatic N) is 3. The molecule has 4 heteroatoms. The number of hydrogen-bond donors (Lipinski definition) is 0. The van der Waals surface area contributed by atoms with Gasteiger partial charge in [-0.05, 0) is 38.8 Å². The molecule has 0 atom stereocenters. The third-order valence-corrected chi connectivity index (χ3v) is 5.57. The third-order valence-electron chi connectivity index (χ3n) is 5.57. The Labute approximate surface area is 129 Å². The standard InChI is InChI=1S/C17H31N3O/c21-17-8-4-10-20(17)15-13-18-9-5-11-19(14-12-18)16-6-2-1-3-7-16/h16H,1-15H2. The Kier molecular flexibility index (Phi) is 5.53. The molecule has 0 radical (unpaired) electrons. The van der Waals surface area contributed by atoms with Crippen molar-refractivity contribution in [2.24, 2.45) is 0 Å². The van der Waals surface area contributed by atoms with Crippen molar-refractivity contribution in [1.29, 1.82) is 0 Å². The fourth-order valence-corrected chi connectivity index (χ4v) is 4.23. The van der Waals surface area contributed by atoms with Gasteiger partial charge in [0, 0.05) is 45.2 Å². The van der Waals surface area contributed by atoms with Crippen LogP contribution in [0.1, 0.15) is 51.4 Å². The fourth-order valence-electron chi connectivity index (χ4n) is 4.23. The highest BCUT2D eigenvalue weighted by Gasteiger charge is 2.24. The number of likely N-dealkylation sites (tertiary alicyclic amines) is 1. The van der Waals surface area contributed by atoms with Crippen molar-refractivity contribution in [1.82, 2.24) is 14.7 Å². The van der Waals surface area contributed by atoms with Crippen molar-refractivity contribution in [3.05, 3.63) is 0 Å². The van der Waals surface area contributed by atoms with Crippen LogP contribution in [0.5, 0.6) is 0 Å². The topological polar surface area (TPSA) is 26.8 Å². The molecule has 0 aromatic carbocycles. The van der Waals surface area contributed by atoms with Crippen molar-refractivity contribution in [3.63, 3.8) is 0 Å². The molecular formula is C17H31N3O. The number of carbonyl (C=O) groups is 1. The molecule has 1 amide bonds. The molecule has 0 aromatic heterocycles. The Hall–Kier alpha value is -0.610. The van der Waals surface area contributed by atoms with Gasteiger partial charge in [0.2, 0.25) is 5.91 Å². The molecule has 2 saturated heterocycles. The molecule has 3 rings (SSSR count). The summed E-state index contributed by atoms with van der Waals surface area (Å²) in [6.45, 7) is 7.93. The van der Waals surface area contributed by atoms with E-state index in [9.17, 15) is 4.79 Å². The van der Waals surface area contributed by atoms with Crippen LogP contribution in [0.25, 0.3) is 0 Å². The monoisotopic (exact) mass is 293 g/mol. The van der Waals surface area contributed by atoms with Crippen LogP contribution in [0, 0.1) is 0 Å². The summed E-state index contributed by atoms with van der Waals surface area (Å²) in [5, 5.41) is 0.